The zero-order valence-corrected chi connectivity index (χ0v) is 12.3. The quantitative estimate of drug-likeness (QED) is 0.838. The Morgan fingerprint density at radius 2 is 1.71 bits per heavy atom. The lowest BCUT2D eigenvalue weighted by atomic mass is 9.39. The first kappa shape index (κ1) is 13.6. The molecule has 4 nitrogen and oxygen atoms in total. The lowest BCUT2D eigenvalue weighted by Gasteiger charge is -2.63. The van der Waals surface area contributed by atoms with E-state index < -0.39 is 17.4 Å². The third kappa shape index (κ3) is 1.80. The van der Waals surface area contributed by atoms with E-state index in [9.17, 15) is 19.8 Å². The smallest absolute Gasteiger partial charge is 0.310 e. The fourth-order valence-electron chi connectivity index (χ4n) is 6.82. The number of carbonyl (C=O) groups is 2. The maximum atomic E-state index is 12.3. The summed E-state index contributed by atoms with van der Waals surface area (Å²) in [6, 6.07) is 0. The summed E-state index contributed by atoms with van der Waals surface area (Å²) < 4.78 is 0. The van der Waals surface area contributed by atoms with E-state index >= 15 is 0 Å². The number of hydrogen-bond acceptors (Lipinski definition) is 2. The molecule has 0 aromatic heterocycles. The molecule has 4 aliphatic rings. The number of hydrogen-bond donors (Lipinski definition) is 2. The van der Waals surface area contributed by atoms with Gasteiger partial charge in [0.25, 0.3) is 0 Å². The molecule has 4 rings (SSSR count). The lowest BCUT2D eigenvalue weighted by Crippen LogP contribution is -2.61. The topological polar surface area (TPSA) is 74.6 Å². The number of carboxylic acids is 2. The van der Waals surface area contributed by atoms with Crippen molar-refractivity contribution in [1.82, 2.24) is 0 Å². The number of rotatable bonds is 3. The second-order valence-electron chi connectivity index (χ2n) is 8.13. The van der Waals surface area contributed by atoms with Gasteiger partial charge in [-0.1, -0.05) is 6.42 Å². The van der Waals surface area contributed by atoms with E-state index in [1.54, 1.807) is 0 Å². The summed E-state index contributed by atoms with van der Waals surface area (Å²) in [5, 5.41) is 19.3. The van der Waals surface area contributed by atoms with Crippen molar-refractivity contribution in [3.8, 4) is 0 Å². The predicted molar refractivity (Wildman–Crippen MR) is 75.6 cm³/mol. The minimum absolute atomic E-state index is 0.0849. The zero-order valence-electron chi connectivity index (χ0n) is 12.3. The minimum Gasteiger partial charge on any atom is -0.481 e. The summed E-state index contributed by atoms with van der Waals surface area (Å²) in [6.45, 7) is 0. The fourth-order valence-corrected chi connectivity index (χ4v) is 6.82. The first-order valence-electron chi connectivity index (χ1n) is 8.46. The van der Waals surface area contributed by atoms with Crippen molar-refractivity contribution in [3.63, 3.8) is 0 Å². The fraction of sp³-hybridized carbons (Fsp3) is 0.882. The Balaban J connectivity index is 1.77. The van der Waals surface area contributed by atoms with Gasteiger partial charge in [0.2, 0.25) is 0 Å². The molecule has 7 unspecified atom stereocenters. The maximum absolute atomic E-state index is 12.3. The average molecular weight is 292 g/mol. The van der Waals surface area contributed by atoms with Crippen LogP contribution in [0.25, 0.3) is 0 Å². The summed E-state index contributed by atoms with van der Waals surface area (Å²) >= 11 is 0. The van der Waals surface area contributed by atoms with Gasteiger partial charge in [0.15, 0.2) is 0 Å². The summed E-state index contributed by atoms with van der Waals surface area (Å²) in [6.07, 6.45) is 7.56. The van der Waals surface area contributed by atoms with Gasteiger partial charge < -0.3 is 10.2 Å². The molecule has 21 heavy (non-hydrogen) atoms. The highest BCUT2D eigenvalue weighted by Crippen LogP contribution is 2.67. The number of fused-ring (bicyclic) bond motifs is 2. The van der Waals surface area contributed by atoms with Crippen LogP contribution in [0, 0.1) is 40.9 Å². The molecule has 0 aliphatic heterocycles. The molecule has 0 saturated heterocycles. The van der Waals surface area contributed by atoms with Gasteiger partial charge in [-0.15, -0.1) is 0 Å². The van der Waals surface area contributed by atoms with Gasteiger partial charge in [-0.3, -0.25) is 9.59 Å². The highest BCUT2D eigenvalue weighted by atomic mass is 16.4. The second kappa shape index (κ2) is 4.47. The molecule has 116 valence electrons. The number of aliphatic carboxylic acids is 2. The van der Waals surface area contributed by atoms with Crippen molar-refractivity contribution in [2.24, 2.45) is 40.9 Å². The van der Waals surface area contributed by atoms with E-state index in [1.807, 2.05) is 0 Å². The zero-order chi connectivity index (χ0) is 14.8. The van der Waals surface area contributed by atoms with Gasteiger partial charge in [0.05, 0.1) is 5.41 Å². The van der Waals surface area contributed by atoms with Crippen LogP contribution < -0.4 is 0 Å². The van der Waals surface area contributed by atoms with Crippen molar-refractivity contribution in [1.29, 1.82) is 0 Å². The molecule has 0 amide bonds. The van der Waals surface area contributed by atoms with Gasteiger partial charge in [-0.25, -0.2) is 0 Å². The van der Waals surface area contributed by atoms with Crippen molar-refractivity contribution in [2.45, 2.75) is 51.4 Å². The van der Waals surface area contributed by atoms with Gasteiger partial charge in [0.1, 0.15) is 0 Å². The second-order valence-corrected chi connectivity index (χ2v) is 8.13. The summed E-state index contributed by atoms with van der Waals surface area (Å²) in [5.41, 5.74) is -0.594. The molecule has 4 heteroatoms. The van der Waals surface area contributed by atoms with Crippen molar-refractivity contribution < 1.29 is 19.8 Å². The summed E-state index contributed by atoms with van der Waals surface area (Å²) in [7, 11) is 0. The van der Waals surface area contributed by atoms with E-state index in [2.05, 4.69) is 0 Å². The van der Waals surface area contributed by atoms with Crippen LogP contribution in [0.4, 0.5) is 0 Å². The van der Waals surface area contributed by atoms with E-state index in [0.29, 0.717) is 23.7 Å². The Hall–Kier alpha value is -1.06. The molecule has 4 bridgehead atoms. The molecule has 0 heterocycles. The molecule has 0 aromatic rings. The highest BCUT2D eigenvalue weighted by molar-refractivity contribution is 5.77. The molecule has 0 spiro atoms. The number of carboxylic acid groups (broad SMARTS) is 2. The molecule has 4 fully saturated rings. The van der Waals surface area contributed by atoms with Crippen molar-refractivity contribution in [3.05, 3.63) is 0 Å². The van der Waals surface area contributed by atoms with E-state index in [-0.39, 0.29) is 18.3 Å². The van der Waals surface area contributed by atoms with Crippen LogP contribution in [0.2, 0.25) is 0 Å². The Kier molecular flexibility index (Phi) is 2.89. The highest BCUT2D eigenvalue weighted by Gasteiger charge is 2.65. The summed E-state index contributed by atoms with van der Waals surface area (Å²) in [5.74, 6) is 0.809. The molecule has 4 aliphatic carbocycles. The van der Waals surface area contributed by atoms with Crippen molar-refractivity contribution in [2.75, 3.05) is 0 Å². The SMILES string of the molecule is O=C(O)CC1CC2CC3CCC4CC3C(C(=O)O)(C2)C1C4. The largest absolute Gasteiger partial charge is 0.481 e. The first-order valence-corrected chi connectivity index (χ1v) is 8.46. The standard InChI is InChI=1S/C17H24O4/c18-15(19)7-12-4-10-3-11-2-1-9-5-13(11)17(8-10,16(20)21)14(12)6-9/h9-14H,1-8H2,(H,18,19)(H,20,21). The van der Waals surface area contributed by atoms with Crippen LogP contribution in [0.3, 0.4) is 0 Å². The summed E-state index contributed by atoms with van der Waals surface area (Å²) in [4.78, 5) is 23.5. The Labute approximate surface area is 124 Å². The van der Waals surface area contributed by atoms with Gasteiger partial charge >= 0.3 is 11.9 Å². The van der Waals surface area contributed by atoms with Crippen LogP contribution >= 0.6 is 0 Å². The molecule has 0 radical (unpaired) electrons. The van der Waals surface area contributed by atoms with E-state index in [0.717, 1.165) is 32.1 Å². The van der Waals surface area contributed by atoms with Crippen molar-refractivity contribution >= 4 is 11.9 Å². The lowest BCUT2D eigenvalue weighted by molar-refractivity contribution is -0.199. The average Bonchev–Trinajstić information content (AvgIpc) is 2.44. The van der Waals surface area contributed by atoms with Crippen LogP contribution in [-0.2, 0) is 9.59 Å². The molecule has 0 aromatic carbocycles. The first-order chi connectivity index (χ1) is 10.0. The molecule has 7 atom stereocenters. The van der Waals surface area contributed by atoms with Gasteiger partial charge in [-0.2, -0.15) is 0 Å². The van der Waals surface area contributed by atoms with E-state index in [4.69, 9.17) is 0 Å². The maximum Gasteiger partial charge on any atom is 0.310 e. The third-order valence-electron chi connectivity index (χ3n) is 7.32. The predicted octanol–water partition coefficient (Wildman–Crippen LogP) is 3.01. The van der Waals surface area contributed by atoms with Crippen LogP contribution in [0.15, 0.2) is 0 Å². The van der Waals surface area contributed by atoms with Crippen LogP contribution in [0.5, 0.6) is 0 Å². The normalized spacial score (nSPS) is 50.7. The monoisotopic (exact) mass is 292 g/mol. The van der Waals surface area contributed by atoms with E-state index in [1.165, 1.54) is 12.8 Å². The van der Waals surface area contributed by atoms with Gasteiger partial charge in [-0.05, 0) is 74.0 Å². The third-order valence-corrected chi connectivity index (χ3v) is 7.32. The Morgan fingerprint density at radius 1 is 0.952 bits per heavy atom. The molecular weight excluding hydrogens is 268 g/mol. The minimum atomic E-state index is -0.757. The van der Waals surface area contributed by atoms with Crippen LogP contribution in [0.1, 0.15) is 51.4 Å². The van der Waals surface area contributed by atoms with Crippen LogP contribution in [-0.4, -0.2) is 22.2 Å². The Morgan fingerprint density at radius 3 is 2.43 bits per heavy atom. The van der Waals surface area contributed by atoms with Gasteiger partial charge in [0, 0.05) is 6.42 Å². The Bertz CT molecular complexity index is 487. The molecule has 2 N–H and O–H groups in total. The molecule has 4 saturated carbocycles. The molecular formula is C17H24O4.